The number of benzene rings is 2. The van der Waals surface area contributed by atoms with E-state index in [2.05, 4.69) is 15.9 Å². The molecule has 0 fully saturated rings. The molecule has 0 saturated carbocycles. The lowest BCUT2D eigenvalue weighted by atomic mass is 10.1. The number of primary amides is 1. The fourth-order valence-electron chi connectivity index (χ4n) is 2.62. The Morgan fingerprint density at radius 2 is 2.03 bits per heavy atom. The number of para-hydroxylation sites is 1. The quantitative estimate of drug-likeness (QED) is 0.510. The number of halogens is 2. The minimum absolute atomic E-state index is 0.110. The first-order valence-corrected chi connectivity index (χ1v) is 9.71. The normalized spacial score (nSPS) is 12.1. The SMILES string of the molecule is NC(=O)COCC(O)COc1cc(Br)ccc1-c1cc(=O)c2cccc(Cl)c2o1. The number of nitrogens with two attached hydrogens (primary N) is 1. The van der Waals surface area contributed by atoms with Gasteiger partial charge in [0.25, 0.3) is 0 Å². The molecular formula is C20H17BrClNO6. The van der Waals surface area contributed by atoms with E-state index in [0.29, 0.717) is 21.7 Å². The van der Waals surface area contributed by atoms with Crippen molar-refractivity contribution < 1.29 is 23.8 Å². The fraction of sp³-hybridized carbons (Fsp3) is 0.200. The van der Waals surface area contributed by atoms with E-state index in [1.807, 2.05) is 0 Å². The molecule has 0 aliphatic rings. The molecule has 0 saturated heterocycles. The van der Waals surface area contributed by atoms with Crippen LogP contribution in [0.2, 0.25) is 5.02 Å². The summed E-state index contributed by atoms with van der Waals surface area (Å²) in [7, 11) is 0. The first kappa shape index (κ1) is 21.3. The maximum atomic E-state index is 12.5. The summed E-state index contributed by atoms with van der Waals surface area (Å²) in [6.07, 6.45) is -0.987. The van der Waals surface area contributed by atoms with Crippen LogP contribution in [0.1, 0.15) is 0 Å². The van der Waals surface area contributed by atoms with E-state index in [0.717, 1.165) is 4.47 Å². The molecule has 3 N–H and O–H groups in total. The van der Waals surface area contributed by atoms with E-state index in [9.17, 15) is 14.7 Å². The second-order valence-electron chi connectivity index (χ2n) is 6.18. The van der Waals surface area contributed by atoms with Crippen molar-refractivity contribution in [2.45, 2.75) is 6.10 Å². The molecule has 1 amide bonds. The molecule has 0 spiro atoms. The Labute approximate surface area is 179 Å². The summed E-state index contributed by atoms with van der Waals surface area (Å²) >= 11 is 9.54. The lowest BCUT2D eigenvalue weighted by Gasteiger charge is -2.15. The third-order valence-corrected chi connectivity index (χ3v) is 4.69. The van der Waals surface area contributed by atoms with Crippen LogP contribution in [-0.4, -0.2) is 36.9 Å². The number of fused-ring (bicyclic) bond motifs is 1. The largest absolute Gasteiger partial charge is 0.490 e. The number of aliphatic hydroxyl groups excluding tert-OH is 1. The van der Waals surface area contributed by atoms with Crippen LogP contribution in [0.25, 0.3) is 22.3 Å². The van der Waals surface area contributed by atoms with E-state index in [4.69, 9.17) is 31.2 Å². The Morgan fingerprint density at radius 3 is 2.79 bits per heavy atom. The van der Waals surface area contributed by atoms with Crippen LogP contribution in [0.15, 0.2) is 56.1 Å². The van der Waals surface area contributed by atoms with Crippen molar-refractivity contribution in [2.75, 3.05) is 19.8 Å². The zero-order valence-electron chi connectivity index (χ0n) is 15.1. The average Bonchev–Trinajstić information content (AvgIpc) is 2.67. The summed E-state index contributed by atoms with van der Waals surface area (Å²) in [5.74, 6) is 0.0258. The van der Waals surface area contributed by atoms with Crippen molar-refractivity contribution in [3.8, 4) is 17.1 Å². The Kier molecular flexibility index (Phi) is 6.92. The Bertz CT molecular complexity index is 1100. The maximum absolute atomic E-state index is 12.5. The van der Waals surface area contributed by atoms with Gasteiger partial charge in [0.1, 0.15) is 30.8 Å². The van der Waals surface area contributed by atoms with Gasteiger partial charge in [0.05, 0.1) is 22.6 Å². The zero-order chi connectivity index (χ0) is 21.0. The molecule has 1 heterocycles. The molecular weight excluding hydrogens is 466 g/mol. The molecule has 3 rings (SSSR count). The van der Waals surface area contributed by atoms with Crippen molar-refractivity contribution in [3.63, 3.8) is 0 Å². The summed E-state index contributed by atoms with van der Waals surface area (Å²) in [4.78, 5) is 23.2. The molecule has 1 unspecified atom stereocenters. The van der Waals surface area contributed by atoms with Crippen molar-refractivity contribution >= 4 is 44.4 Å². The van der Waals surface area contributed by atoms with Gasteiger partial charge in [-0.15, -0.1) is 0 Å². The Morgan fingerprint density at radius 1 is 1.24 bits per heavy atom. The predicted octanol–water partition coefficient (Wildman–Crippen LogP) is 3.12. The lowest BCUT2D eigenvalue weighted by Crippen LogP contribution is -2.27. The second kappa shape index (κ2) is 9.41. The van der Waals surface area contributed by atoms with Gasteiger partial charge in [0.15, 0.2) is 11.0 Å². The summed E-state index contributed by atoms with van der Waals surface area (Å²) in [5, 5.41) is 10.7. The van der Waals surface area contributed by atoms with E-state index in [1.165, 1.54) is 6.07 Å². The fourth-order valence-corrected chi connectivity index (χ4v) is 3.18. The van der Waals surface area contributed by atoms with Crippen LogP contribution in [0.4, 0.5) is 0 Å². The van der Waals surface area contributed by atoms with Crippen molar-refractivity contribution in [1.82, 2.24) is 0 Å². The zero-order valence-corrected chi connectivity index (χ0v) is 17.4. The van der Waals surface area contributed by atoms with Gasteiger partial charge in [-0.3, -0.25) is 9.59 Å². The van der Waals surface area contributed by atoms with Crippen molar-refractivity contribution in [1.29, 1.82) is 0 Å². The number of aliphatic hydroxyl groups is 1. The molecule has 2 aromatic carbocycles. The van der Waals surface area contributed by atoms with Gasteiger partial charge in [-0.1, -0.05) is 33.6 Å². The first-order chi connectivity index (χ1) is 13.8. The molecule has 1 atom stereocenters. The number of amides is 1. The maximum Gasteiger partial charge on any atom is 0.243 e. The average molecular weight is 483 g/mol. The molecule has 1 aromatic heterocycles. The standard InChI is InChI=1S/C20H17BrClNO6/c21-11-4-5-14(17(6-11)28-9-12(24)8-27-10-19(23)26)18-7-16(25)13-2-1-3-15(22)20(13)29-18/h1-7,12,24H,8-10H2,(H2,23,26). The van der Waals surface area contributed by atoms with Crippen LogP contribution in [0, 0.1) is 0 Å². The highest BCUT2D eigenvalue weighted by Crippen LogP contribution is 2.34. The molecule has 152 valence electrons. The van der Waals surface area contributed by atoms with Crippen LogP contribution in [-0.2, 0) is 9.53 Å². The number of ether oxygens (including phenoxy) is 2. The second-order valence-corrected chi connectivity index (χ2v) is 7.50. The predicted molar refractivity (Wildman–Crippen MR) is 112 cm³/mol. The van der Waals surface area contributed by atoms with Gasteiger partial charge in [-0.2, -0.15) is 0 Å². The minimum Gasteiger partial charge on any atom is -0.490 e. The molecule has 0 bridgehead atoms. The smallest absolute Gasteiger partial charge is 0.243 e. The summed E-state index contributed by atoms with van der Waals surface area (Å²) < 4.78 is 17.3. The number of hydrogen-bond acceptors (Lipinski definition) is 6. The highest BCUT2D eigenvalue weighted by atomic mass is 79.9. The van der Waals surface area contributed by atoms with Gasteiger partial charge in [0, 0.05) is 10.5 Å². The molecule has 9 heteroatoms. The van der Waals surface area contributed by atoms with Gasteiger partial charge < -0.3 is 24.7 Å². The highest BCUT2D eigenvalue weighted by Gasteiger charge is 2.15. The number of hydrogen-bond donors (Lipinski definition) is 2. The minimum atomic E-state index is -0.987. The van der Waals surface area contributed by atoms with Gasteiger partial charge >= 0.3 is 0 Å². The number of rotatable bonds is 8. The van der Waals surface area contributed by atoms with Crippen LogP contribution >= 0.6 is 27.5 Å². The third kappa shape index (κ3) is 5.36. The van der Waals surface area contributed by atoms with Crippen LogP contribution < -0.4 is 15.9 Å². The Hall–Kier alpha value is -2.39. The first-order valence-electron chi connectivity index (χ1n) is 8.54. The summed E-state index contributed by atoms with van der Waals surface area (Å²) in [6.45, 7) is -0.518. The van der Waals surface area contributed by atoms with Gasteiger partial charge in [-0.25, -0.2) is 0 Å². The summed E-state index contributed by atoms with van der Waals surface area (Å²) in [5.41, 5.74) is 5.54. The molecule has 3 aromatic rings. The van der Waals surface area contributed by atoms with E-state index in [-0.39, 0.29) is 36.6 Å². The van der Waals surface area contributed by atoms with Crippen LogP contribution in [0.3, 0.4) is 0 Å². The van der Waals surface area contributed by atoms with E-state index in [1.54, 1.807) is 36.4 Å². The number of carbonyl (C=O) groups is 1. The molecule has 29 heavy (non-hydrogen) atoms. The van der Waals surface area contributed by atoms with Gasteiger partial charge in [-0.05, 0) is 30.3 Å². The van der Waals surface area contributed by atoms with Crippen molar-refractivity contribution in [2.24, 2.45) is 5.73 Å². The highest BCUT2D eigenvalue weighted by molar-refractivity contribution is 9.10. The lowest BCUT2D eigenvalue weighted by molar-refractivity contribution is -0.123. The molecule has 0 aliphatic heterocycles. The van der Waals surface area contributed by atoms with E-state index < -0.39 is 12.0 Å². The van der Waals surface area contributed by atoms with Crippen LogP contribution in [0.5, 0.6) is 5.75 Å². The molecule has 0 radical (unpaired) electrons. The molecule has 7 nitrogen and oxygen atoms in total. The van der Waals surface area contributed by atoms with Crippen molar-refractivity contribution in [3.05, 3.63) is 62.2 Å². The summed E-state index contributed by atoms with van der Waals surface area (Å²) in [6, 6.07) is 11.5. The monoisotopic (exact) mass is 481 g/mol. The topological polar surface area (TPSA) is 112 Å². The number of carbonyl (C=O) groups excluding carboxylic acids is 1. The van der Waals surface area contributed by atoms with E-state index >= 15 is 0 Å². The Balaban J connectivity index is 1.87. The molecule has 0 aliphatic carbocycles. The third-order valence-electron chi connectivity index (χ3n) is 3.90. The van der Waals surface area contributed by atoms with Gasteiger partial charge in [0.2, 0.25) is 5.91 Å².